The number of nitrogens with zero attached hydrogens (tertiary/aromatic N) is 4. The third kappa shape index (κ3) is 6.96. The molecule has 0 aliphatic carbocycles. The quantitative estimate of drug-likeness (QED) is 0.528. The highest BCUT2D eigenvalue weighted by Crippen LogP contribution is 2.15. The van der Waals surface area contributed by atoms with Crippen molar-refractivity contribution in [3.8, 4) is 0 Å². The summed E-state index contributed by atoms with van der Waals surface area (Å²) in [5.74, 6) is 1.58. The molecule has 0 saturated carbocycles. The zero-order valence-corrected chi connectivity index (χ0v) is 19.5. The van der Waals surface area contributed by atoms with Crippen LogP contribution in [0.2, 0.25) is 0 Å². The SMILES string of the molecule is CN=C(NCC(C(C)C)N1CCN(C)CC1)NC1CCN(Cc2ccccc2)CC1. The van der Waals surface area contributed by atoms with Gasteiger partial charge in [0.25, 0.3) is 0 Å². The van der Waals surface area contributed by atoms with Crippen molar-refractivity contribution < 1.29 is 0 Å². The molecule has 1 aromatic carbocycles. The molecule has 2 aliphatic rings. The molecule has 0 bridgehead atoms. The summed E-state index contributed by atoms with van der Waals surface area (Å²) in [5.41, 5.74) is 1.41. The molecular weight excluding hydrogens is 372 g/mol. The molecule has 1 unspecified atom stereocenters. The molecule has 6 nitrogen and oxygen atoms in total. The zero-order valence-electron chi connectivity index (χ0n) is 19.5. The maximum Gasteiger partial charge on any atom is 0.191 e. The lowest BCUT2D eigenvalue weighted by atomic mass is 10.0. The highest BCUT2D eigenvalue weighted by Gasteiger charge is 2.26. The summed E-state index contributed by atoms with van der Waals surface area (Å²) < 4.78 is 0. The number of piperidine rings is 1. The molecule has 6 heteroatoms. The molecule has 0 aromatic heterocycles. The Hall–Kier alpha value is -1.63. The average molecular weight is 415 g/mol. The Kier molecular flexibility index (Phi) is 8.97. The second-order valence-corrected chi connectivity index (χ2v) is 9.28. The van der Waals surface area contributed by atoms with Gasteiger partial charge in [-0.25, -0.2) is 0 Å². The van der Waals surface area contributed by atoms with Crippen molar-refractivity contribution in [1.29, 1.82) is 0 Å². The van der Waals surface area contributed by atoms with E-state index in [0.29, 0.717) is 18.0 Å². The number of likely N-dealkylation sites (N-methyl/N-ethyl adjacent to an activating group) is 1. The lowest BCUT2D eigenvalue weighted by Crippen LogP contribution is -2.56. The molecule has 0 radical (unpaired) electrons. The number of hydrogen-bond donors (Lipinski definition) is 2. The second-order valence-electron chi connectivity index (χ2n) is 9.28. The predicted octanol–water partition coefficient (Wildman–Crippen LogP) is 2.09. The first-order valence-electron chi connectivity index (χ1n) is 11.7. The predicted molar refractivity (Wildman–Crippen MR) is 127 cm³/mol. The minimum absolute atomic E-state index is 0.504. The van der Waals surface area contributed by atoms with Gasteiger partial charge >= 0.3 is 0 Å². The molecule has 30 heavy (non-hydrogen) atoms. The second kappa shape index (κ2) is 11.7. The fourth-order valence-corrected chi connectivity index (χ4v) is 4.61. The number of hydrogen-bond acceptors (Lipinski definition) is 4. The van der Waals surface area contributed by atoms with E-state index in [2.05, 4.69) is 81.6 Å². The number of piperazine rings is 1. The van der Waals surface area contributed by atoms with E-state index in [0.717, 1.165) is 58.3 Å². The number of aliphatic imine (C=N–C) groups is 1. The summed E-state index contributed by atoms with van der Waals surface area (Å²) in [6.07, 6.45) is 2.33. The average Bonchev–Trinajstić information content (AvgIpc) is 2.76. The van der Waals surface area contributed by atoms with E-state index >= 15 is 0 Å². The zero-order chi connectivity index (χ0) is 21.3. The maximum atomic E-state index is 4.51. The van der Waals surface area contributed by atoms with Crippen LogP contribution in [0.1, 0.15) is 32.3 Å². The summed E-state index contributed by atoms with van der Waals surface area (Å²) in [7, 11) is 4.11. The van der Waals surface area contributed by atoms with Crippen molar-refractivity contribution in [2.75, 3.05) is 59.9 Å². The summed E-state index contributed by atoms with van der Waals surface area (Å²) in [4.78, 5) is 12.1. The van der Waals surface area contributed by atoms with Crippen LogP contribution >= 0.6 is 0 Å². The number of likely N-dealkylation sites (tertiary alicyclic amines) is 1. The van der Waals surface area contributed by atoms with Gasteiger partial charge in [0.2, 0.25) is 0 Å². The van der Waals surface area contributed by atoms with Gasteiger partial charge in [0.1, 0.15) is 0 Å². The fourth-order valence-electron chi connectivity index (χ4n) is 4.61. The van der Waals surface area contributed by atoms with Crippen LogP contribution in [0, 0.1) is 5.92 Å². The molecule has 3 rings (SSSR count). The third-order valence-electron chi connectivity index (χ3n) is 6.66. The fraction of sp³-hybridized carbons (Fsp3) is 0.708. The van der Waals surface area contributed by atoms with Crippen molar-refractivity contribution in [2.24, 2.45) is 10.9 Å². The Morgan fingerprint density at radius 1 is 1.03 bits per heavy atom. The Balaban J connectivity index is 1.42. The largest absolute Gasteiger partial charge is 0.355 e. The standard InChI is InChI=1S/C24H42N6/c1-20(2)23(30-16-14-28(4)15-17-30)18-26-24(25-3)27-22-10-12-29(13-11-22)19-21-8-6-5-7-9-21/h5-9,20,22-23H,10-19H2,1-4H3,(H2,25,26,27). The lowest BCUT2D eigenvalue weighted by molar-refractivity contribution is 0.0899. The van der Waals surface area contributed by atoms with Gasteiger partial charge in [-0.05, 0) is 31.4 Å². The Morgan fingerprint density at radius 2 is 1.70 bits per heavy atom. The van der Waals surface area contributed by atoms with Gasteiger partial charge in [-0.2, -0.15) is 0 Å². The van der Waals surface area contributed by atoms with Gasteiger partial charge in [-0.15, -0.1) is 0 Å². The molecule has 2 heterocycles. The topological polar surface area (TPSA) is 46.1 Å². The highest BCUT2D eigenvalue weighted by molar-refractivity contribution is 5.80. The molecule has 0 spiro atoms. The van der Waals surface area contributed by atoms with E-state index in [1.165, 1.54) is 18.4 Å². The molecule has 0 amide bonds. The van der Waals surface area contributed by atoms with Crippen LogP contribution in [0.25, 0.3) is 0 Å². The Bertz CT molecular complexity index is 630. The van der Waals surface area contributed by atoms with Crippen molar-refractivity contribution in [2.45, 2.75) is 45.3 Å². The molecule has 2 N–H and O–H groups in total. The van der Waals surface area contributed by atoms with Gasteiger partial charge in [0.05, 0.1) is 0 Å². The Morgan fingerprint density at radius 3 is 2.30 bits per heavy atom. The monoisotopic (exact) mass is 414 g/mol. The molecule has 2 aliphatic heterocycles. The van der Waals surface area contributed by atoms with E-state index in [1.807, 2.05) is 7.05 Å². The summed E-state index contributed by atoms with van der Waals surface area (Å²) in [6.45, 7) is 13.6. The van der Waals surface area contributed by atoms with Crippen molar-refractivity contribution in [1.82, 2.24) is 25.3 Å². The first kappa shape index (κ1) is 23.0. The normalized spacial score (nSPS) is 21.7. The number of nitrogens with one attached hydrogen (secondary N) is 2. The molecule has 168 valence electrons. The highest BCUT2D eigenvalue weighted by atomic mass is 15.3. The summed E-state index contributed by atoms with van der Waals surface area (Å²) >= 11 is 0. The van der Waals surface area contributed by atoms with Gasteiger partial charge < -0.3 is 15.5 Å². The van der Waals surface area contributed by atoms with Crippen LogP contribution in [0.4, 0.5) is 0 Å². The molecule has 2 fully saturated rings. The van der Waals surface area contributed by atoms with Crippen LogP contribution in [-0.2, 0) is 6.54 Å². The molecule has 2 saturated heterocycles. The van der Waals surface area contributed by atoms with E-state index in [4.69, 9.17) is 0 Å². The first-order chi connectivity index (χ1) is 14.5. The number of guanidine groups is 1. The molecular formula is C24H42N6. The van der Waals surface area contributed by atoms with Crippen LogP contribution in [0.5, 0.6) is 0 Å². The van der Waals surface area contributed by atoms with Crippen molar-refractivity contribution >= 4 is 5.96 Å². The van der Waals surface area contributed by atoms with Crippen LogP contribution in [0.15, 0.2) is 35.3 Å². The summed E-state index contributed by atoms with van der Waals surface area (Å²) in [5, 5.41) is 7.31. The van der Waals surface area contributed by atoms with Gasteiger partial charge in [-0.3, -0.25) is 14.8 Å². The Labute approximate surface area is 183 Å². The number of benzene rings is 1. The molecule has 1 aromatic rings. The van der Waals surface area contributed by atoms with Gasteiger partial charge in [-0.1, -0.05) is 44.2 Å². The van der Waals surface area contributed by atoms with E-state index < -0.39 is 0 Å². The van der Waals surface area contributed by atoms with Crippen molar-refractivity contribution in [3.63, 3.8) is 0 Å². The van der Waals surface area contributed by atoms with Crippen LogP contribution in [0.3, 0.4) is 0 Å². The lowest BCUT2D eigenvalue weighted by Gasteiger charge is -2.40. The van der Waals surface area contributed by atoms with Crippen LogP contribution < -0.4 is 10.6 Å². The number of rotatable bonds is 7. The van der Waals surface area contributed by atoms with Gasteiger partial charge in [0.15, 0.2) is 5.96 Å². The van der Waals surface area contributed by atoms with Crippen molar-refractivity contribution in [3.05, 3.63) is 35.9 Å². The first-order valence-corrected chi connectivity index (χ1v) is 11.7. The van der Waals surface area contributed by atoms with E-state index in [9.17, 15) is 0 Å². The molecule has 1 atom stereocenters. The summed E-state index contributed by atoms with van der Waals surface area (Å²) in [6, 6.07) is 11.8. The third-order valence-corrected chi connectivity index (χ3v) is 6.66. The van der Waals surface area contributed by atoms with E-state index in [-0.39, 0.29) is 0 Å². The minimum atomic E-state index is 0.504. The van der Waals surface area contributed by atoms with Crippen LogP contribution in [-0.4, -0.2) is 92.7 Å². The van der Waals surface area contributed by atoms with Gasteiger partial charge in [0, 0.05) is 71.5 Å². The minimum Gasteiger partial charge on any atom is -0.355 e. The van der Waals surface area contributed by atoms with E-state index in [1.54, 1.807) is 0 Å². The smallest absolute Gasteiger partial charge is 0.191 e. The maximum absolute atomic E-state index is 4.51.